The fourth-order valence-electron chi connectivity index (χ4n) is 3.89. The number of thioether (sulfide) groups is 1. The normalized spacial score (nSPS) is 18.6. The summed E-state index contributed by atoms with van der Waals surface area (Å²) in [7, 11) is 0. The number of hydrogen-bond donors (Lipinski definition) is 5. The Hall–Kier alpha value is -4.36. The number of carbonyl (C=O) groups is 3. The fourth-order valence-corrected chi connectivity index (χ4v) is 6.69. The monoisotopic (exact) mass is 619 g/mol. The molecule has 0 spiro atoms. The molecule has 3 aromatic rings. The van der Waals surface area contributed by atoms with Gasteiger partial charge in [0.15, 0.2) is 28.2 Å². The first-order chi connectivity index (χ1) is 19.6. The first-order valence-electron chi connectivity index (χ1n) is 11.7. The van der Waals surface area contributed by atoms with Crippen molar-refractivity contribution in [3.63, 3.8) is 0 Å². The Kier molecular flexibility index (Phi) is 7.99. The van der Waals surface area contributed by atoms with Crippen molar-refractivity contribution < 1.29 is 34.5 Å². The average molecular weight is 620 g/mol. The van der Waals surface area contributed by atoms with Crippen LogP contribution in [0.4, 0.5) is 5.13 Å². The molecule has 0 aliphatic carbocycles. The number of fused-ring (bicyclic) bond motifs is 1. The Morgan fingerprint density at radius 2 is 2.12 bits per heavy atom. The van der Waals surface area contributed by atoms with E-state index in [0.717, 1.165) is 28.2 Å². The second-order valence-electron chi connectivity index (χ2n) is 8.59. The Morgan fingerprint density at radius 3 is 2.78 bits per heavy atom. The van der Waals surface area contributed by atoms with Crippen molar-refractivity contribution in [2.45, 2.75) is 24.9 Å². The van der Waals surface area contributed by atoms with Crippen LogP contribution in [-0.2, 0) is 25.8 Å². The number of aryl methyl sites for hydroxylation is 1. The smallest absolute Gasteiger partial charge is 0.352 e. The van der Waals surface area contributed by atoms with E-state index in [1.54, 1.807) is 6.92 Å². The SMILES string of the molecule is Cc1nnn(SCC2=C(C(=O)O)N3C(=O)C(NC(=O)/C(=N\OCc4ccc(O)c(O)c4)c4csc(N)n4)[C@@H]3SC2)n1. The van der Waals surface area contributed by atoms with Gasteiger partial charge in [-0.15, -0.1) is 37.5 Å². The van der Waals surface area contributed by atoms with E-state index in [1.165, 1.54) is 39.5 Å². The van der Waals surface area contributed by atoms with Gasteiger partial charge in [-0.2, -0.15) is 0 Å². The molecular formula is C22H21N9O7S3. The van der Waals surface area contributed by atoms with Crippen LogP contribution in [0.2, 0.25) is 0 Å². The van der Waals surface area contributed by atoms with E-state index in [9.17, 15) is 29.7 Å². The zero-order valence-corrected chi connectivity index (χ0v) is 23.4. The van der Waals surface area contributed by atoms with E-state index in [0.29, 0.717) is 22.7 Å². The number of amides is 2. The molecule has 0 bridgehead atoms. The zero-order valence-electron chi connectivity index (χ0n) is 21.0. The van der Waals surface area contributed by atoms with Gasteiger partial charge in [0.25, 0.3) is 11.8 Å². The van der Waals surface area contributed by atoms with Crippen molar-refractivity contribution >= 4 is 63.7 Å². The molecule has 1 saturated heterocycles. The van der Waals surface area contributed by atoms with Crippen molar-refractivity contribution in [3.8, 4) is 11.5 Å². The number of phenols is 2. The van der Waals surface area contributed by atoms with Crippen molar-refractivity contribution in [1.82, 2.24) is 34.8 Å². The highest BCUT2D eigenvalue weighted by atomic mass is 32.2. The minimum Gasteiger partial charge on any atom is -0.504 e. The number of nitrogen functional groups attached to an aromatic ring is 1. The number of hydrogen-bond acceptors (Lipinski definition) is 15. The van der Waals surface area contributed by atoms with Gasteiger partial charge in [-0.1, -0.05) is 11.2 Å². The molecular weight excluding hydrogens is 598 g/mol. The van der Waals surface area contributed by atoms with Gasteiger partial charge in [0, 0.05) is 28.8 Å². The number of β-lactam (4-membered cyclic amide) rings is 1. The summed E-state index contributed by atoms with van der Waals surface area (Å²) in [6.07, 6.45) is 0. The number of aromatic hydroxyl groups is 2. The molecule has 1 aromatic carbocycles. The number of nitrogens with one attached hydrogen (secondary N) is 1. The van der Waals surface area contributed by atoms with E-state index in [4.69, 9.17) is 10.6 Å². The van der Waals surface area contributed by atoms with Crippen molar-refractivity contribution in [2.24, 2.45) is 5.16 Å². The molecule has 2 amide bonds. The van der Waals surface area contributed by atoms with Crippen molar-refractivity contribution in [1.29, 1.82) is 0 Å². The van der Waals surface area contributed by atoms with Crippen LogP contribution in [0.1, 0.15) is 17.1 Å². The van der Waals surface area contributed by atoms with Gasteiger partial charge in [-0.25, -0.2) is 9.78 Å². The number of carboxylic acids is 1. The maximum atomic E-state index is 13.3. The molecule has 19 heteroatoms. The Balaban J connectivity index is 1.29. The molecule has 0 radical (unpaired) electrons. The molecule has 2 aliphatic rings. The minimum absolute atomic E-state index is 0.112. The number of thiazole rings is 1. The maximum absolute atomic E-state index is 13.3. The molecule has 4 heterocycles. The highest BCUT2D eigenvalue weighted by Crippen LogP contribution is 2.41. The maximum Gasteiger partial charge on any atom is 0.352 e. The number of aromatic nitrogens is 5. The van der Waals surface area contributed by atoms with Gasteiger partial charge in [-0.3, -0.25) is 14.5 Å². The van der Waals surface area contributed by atoms with E-state index < -0.39 is 29.2 Å². The van der Waals surface area contributed by atoms with Crippen LogP contribution in [0, 0.1) is 6.92 Å². The summed E-state index contributed by atoms with van der Waals surface area (Å²) in [6.45, 7) is 1.52. The lowest BCUT2D eigenvalue weighted by molar-refractivity contribution is -0.150. The quantitative estimate of drug-likeness (QED) is 0.0889. The molecule has 214 valence electrons. The number of carbonyl (C=O) groups excluding carboxylic acids is 2. The lowest BCUT2D eigenvalue weighted by Gasteiger charge is -2.49. The van der Waals surface area contributed by atoms with Gasteiger partial charge in [0.05, 0.1) is 0 Å². The molecule has 6 N–H and O–H groups in total. The van der Waals surface area contributed by atoms with Crippen LogP contribution in [0.15, 0.2) is 40.0 Å². The number of aliphatic carboxylic acids is 1. The molecule has 2 aliphatic heterocycles. The number of oxime groups is 1. The van der Waals surface area contributed by atoms with E-state index in [2.05, 4.69) is 30.9 Å². The van der Waals surface area contributed by atoms with Crippen LogP contribution in [0.5, 0.6) is 11.5 Å². The van der Waals surface area contributed by atoms with Crippen LogP contribution < -0.4 is 11.1 Å². The molecule has 1 fully saturated rings. The summed E-state index contributed by atoms with van der Waals surface area (Å²) in [6, 6.07) is 3.03. The molecule has 2 atom stereocenters. The third-order valence-electron chi connectivity index (χ3n) is 5.79. The van der Waals surface area contributed by atoms with E-state index in [-0.39, 0.29) is 46.1 Å². The molecule has 5 rings (SSSR count). The molecule has 41 heavy (non-hydrogen) atoms. The van der Waals surface area contributed by atoms with Crippen molar-refractivity contribution in [3.05, 3.63) is 51.9 Å². The number of benzene rings is 1. The number of anilines is 1. The van der Waals surface area contributed by atoms with E-state index in [1.807, 2.05) is 0 Å². The van der Waals surface area contributed by atoms with Gasteiger partial charge in [0.1, 0.15) is 29.4 Å². The standard InChI is InChI=1S/C22H21N9O7S3/c1-9-26-29-31(27-9)41-7-11-6-39-20-16(19(35)30(20)17(11)21(36)37)25-18(34)15(12-8-40-22(23)24-12)28-38-5-10-2-3-13(32)14(33)4-10/h2-4,8,16,20,32-33H,5-7H2,1H3,(H2,23,24)(H,25,34)(H,36,37)/b28-15-/t16?,20-/m0/s1. The van der Waals surface area contributed by atoms with Gasteiger partial charge in [-0.05, 0) is 35.4 Å². The zero-order chi connectivity index (χ0) is 29.3. The number of phenolic OH excluding ortho intramolecular Hbond substituents is 2. The van der Waals surface area contributed by atoms with Crippen LogP contribution in [-0.4, -0.2) is 91.2 Å². The topological polar surface area (TPSA) is 231 Å². The summed E-state index contributed by atoms with van der Waals surface area (Å²) in [5.41, 5.74) is 6.40. The fraction of sp³-hybridized carbons (Fsp3) is 0.273. The second kappa shape index (κ2) is 11.6. The third kappa shape index (κ3) is 5.91. The number of nitrogens with zero attached hydrogens (tertiary/aromatic N) is 7. The molecule has 2 aromatic heterocycles. The summed E-state index contributed by atoms with van der Waals surface area (Å²) < 4.78 is 1.28. The Labute approximate surface area is 243 Å². The van der Waals surface area contributed by atoms with Gasteiger partial charge in [0.2, 0.25) is 0 Å². The number of tetrazole rings is 1. The summed E-state index contributed by atoms with van der Waals surface area (Å²) in [4.78, 5) is 49.0. The van der Waals surface area contributed by atoms with Crippen LogP contribution in [0.25, 0.3) is 0 Å². The Bertz CT molecular complexity index is 1590. The van der Waals surface area contributed by atoms with Crippen LogP contribution in [0.3, 0.4) is 0 Å². The van der Waals surface area contributed by atoms with Gasteiger partial charge >= 0.3 is 5.97 Å². The molecule has 1 unspecified atom stereocenters. The third-order valence-corrected chi connectivity index (χ3v) is 8.67. The summed E-state index contributed by atoms with van der Waals surface area (Å²) >= 11 is 3.52. The average Bonchev–Trinajstić information content (AvgIpc) is 3.57. The number of rotatable bonds is 10. The molecule has 0 saturated carbocycles. The number of carboxylic acid groups (broad SMARTS) is 1. The van der Waals surface area contributed by atoms with Crippen LogP contribution >= 0.6 is 35.0 Å². The molecule has 16 nitrogen and oxygen atoms in total. The first-order valence-corrected chi connectivity index (χ1v) is 14.5. The first kappa shape index (κ1) is 28.2. The van der Waals surface area contributed by atoms with E-state index >= 15 is 0 Å². The van der Waals surface area contributed by atoms with Crippen molar-refractivity contribution in [2.75, 3.05) is 17.2 Å². The Morgan fingerprint density at radius 1 is 1.32 bits per heavy atom. The lowest BCUT2D eigenvalue weighted by Crippen LogP contribution is -2.71. The predicted molar refractivity (Wildman–Crippen MR) is 148 cm³/mol. The largest absolute Gasteiger partial charge is 0.504 e. The summed E-state index contributed by atoms with van der Waals surface area (Å²) in [5.74, 6) is -2.30. The minimum atomic E-state index is -1.26. The highest BCUT2D eigenvalue weighted by molar-refractivity contribution is 8.00. The van der Waals surface area contributed by atoms with Gasteiger partial charge < -0.3 is 31.2 Å². The highest BCUT2D eigenvalue weighted by Gasteiger charge is 2.54. The lowest BCUT2D eigenvalue weighted by atomic mass is 10.0. The number of nitrogens with two attached hydrogens (primary N) is 1. The second-order valence-corrected chi connectivity index (χ2v) is 11.5. The predicted octanol–water partition coefficient (Wildman–Crippen LogP) is 0.287. The summed E-state index contributed by atoms with van der Waals surface area (Å²) in [5, 5.41) is 48.2.